The van der Waals surface area contributed by atoms with Gasteiger partial charge in [-0.2, -0.15) is 0 Å². The van der Waals surface area contributed by atoms with Crippen molar-refractivity contribution in [1.29, 1.82) is 0 Å². The lowest BCUT2D eigenvalue weighted by atomic mass is 10.2. The molecule has 6 heteroatoms. The minimum absolute atomic E-state index is 0.119. The molecule has 1 aromatic rings. The number of halogens is 1. The first-order valence-electron chi connectivity index (χ1n) is 5.22. The topological polar surface area (TPSA) is 58.2 Å². The van der Waals surface area contributed by atoms with Gasteiger partial charge >= 0.3 is 0 Å². The second kappa shape index (κ2) is 4.43. The highest BCUT2D eigenvalue weighted by Crippen LogP contribution is 2.16. The quantitative estimate of drug-likeness (QED) is 0.749. The molecule has 0 aliphatic carbocycles. The summed E-state index contributed by atoms with van der Waals surface area (Å²) in [5.41, 5.74) is -0.234. The van der Waals surface area contributed by atoms with Gasteiger partial charge in [-0.3, -0.25) is 9.78 Å². The van der Waals surface area contributed by atoms with E-state index in [-0.39, 0.29) is 22.9 Å². The van der Waals surface area contributed by atoms with Crippen LogP contribution in [0.25, 0.3) is 0 Å². The highest BCUT2D eigenvalue weighted by molar-refractivity contribution is 6.29. The van der Waals surface area contributed by atoms with Gasteiger partial charge in [-0.15, -0.1) is 0 Å². The van der Waals surface area contributed by atoms with Crippen molar-refractivity contribution in [1.82, 2.24) is 9.97 Å². The maximum absolute atomic E-state index is 11.3. The zero-order valence-corrected chi connectivity index (χ0v) is 9.99. The first kappa shape index (κ1) is 11.4. The Morgan fingerprint density at radius 2 is 2.12 bits per heavy atom. The number of aromatic nitrogens is 2. The minimum Gasteiger partial charge on any atom is -0.372 e. The number of hydrogen-bond donors (Lipinski definition) is 1. The molecule has 0 aromatic carbocycles. The molecular weight excluding hydrogens is 230 g/mol. The van der Waals surface area contributed by atoms with Crippen LogP contribution in [0.1, 0.15) is 13.8 Å². The Morgan fingerprint density at radius 1 is 1.50 bits per heavy atom. The number of aromatic amines is 1. The number of nitrogens with one attached hydrogen (secondary N) is 1. The Bertz CT molecular complexity index is 424. The van der Waals surface area contributed by atoms with Crippen LogP contribution >= 0.6 is 11.6 Å². The standard InChI is InChI=1S/C10H14ClN3O2/c1-6-4-14(5-7(2)16-6)10-12-8(11)3-9(15)13-10/h3,6-7H,4-5H2,1-2H3,(H,12,13,15)/t6-,7+. The van der Waals surface area contributed by atoms with Gasteiger partial charge in [0.1, 0.15) is 5.15 Å². The molecule has 0 radical (unpaired) electrons. The van der Waals surface area contributed by atoms with E-state index in [9.17, 15) is 4.79 Å². The van der Waals surface area contributed by atoms with E-state index in [1.54, 1.807) is 0 Å². The number of morpholine rings is 1. The van der Waals surface area contributed by atoms with E-state index in [0.717, 1.165) is 0 Å². The molecule has 1 saturated heterocycles. The molecule has 2 atom stereocenters. The van der Waals surface area contributed by atoms with E-state index in [4.69, 9.17) is 16.3 Å². The Balaban J connectivity index is 2.26. The Kier molecular flexibility index (Phi) is 3.16. The second-order valence-corrected chi connectivity index (χ2v) is 4.44. The molecule has 1 fully saturated rings. The van der Waals surface area contributed by atoms with Gasteiger partial charge in [0, 0.05) is 19.2 Å². The van der Waals surface area contributed by atoms with E-state index in [1.807, 2.05) is 18.7 Å². The fourth-order valence-corrected chi connectivity index (χ4v) is 2.10. The van der Waals surface area contributed by atoms with E-state index in [0.29, 0.717) is 19.0 Å². The largest absolute Gasteiger partial charge is 0.372 e. The van der Waals surface area contributed by atoms with Crippen molar-refractivity contribution < 1.29 is 4.74 Å². The van der Waals surface area contributed by atoms with Crippen molar-refractivity contribution in [3.8, 4) is 0 Å². The summed E-state index contributed by atoms with van der Waals surface area (Å²) in [5.74, 6) is 0.513. The van der Waals surface area contributed by atoms with Crippen molar-refractivity contribution >= 4 is 17.5 Å². The molecule has 1 aliphatic rings. The summed E-state index contributed by atoms with van der Waals surface area (Å²) in [5, 5.41) is 0.213. The second-order valence-electron chi connectivity index (χ2n) is 4.05. The van der Waals surface area contributed by atoms with Crippen LogP contribution in [0.4, 0.5) is 5.95 Å². The predicted molar refractivity (Wildman–Crippen MR) is 62.1 cm³/mol. The highest BCUT2D eigenvalue weighted by atomic mass is 35.5. The third-order valence-electron chi connectivity index (χ3n) is 2.42. The SMILES string of the molecule is C[C@@H]1CN(c2nc(Cl)cc(=O)[nH]2)C[C@H](C)O1. The molecule has 1 aromatic heterocycles. The monoisotopic (exact) mass is 243 g/mol. The summed E-state index contributed by atoms with van der Waals surface area (Å²) < 4.78 is 5.60. The van der Waals surface area contributed by atoms with Gasteiger partial charge in [0.15, 0.2) is 0 Å². The van der Waals surface area contributed by atoms with Crippen LogP contribution in [-0.4, -0.2) is 35.3 Å². The molecule has 1 aliphatic heterocycles. The van der Waals surface area contributed by atoms with Crippen LogP contribution in [0.5, 0.6) is 0 Å². The first-order chi connectivity index (χ1) is 7.54. The Morgan fingerprint density at radius 3 is 2.69 bits per heavy atom. The van der Waals surface area contributed by atoms with Crippen LogP contribution in [0.3, 0.4) is 0 Å². The number of nitrogens with zero attached hydrogens (tertiary/aromatic N) is 2. The number of ether oxygens (including phenoxy) is 1. The van der Waals surface area contributed by atoms with Crippen molar-refractivity contribution in [2.24, 2.45) is 0 Å². The van der Waals surface area contributed by atoms with Crippen molar-refractivity contribution in [3.05, 3.63) is 21.6 Å². The van der Waals surface area contributed by atoms with Crippen LogP contribution in [0.2, 0.25) is 5.15 Å². The van der Waals surface area contributed by atoms with Crippen molar-refractivity contribution in [2.75, 3.05) is 18.0 Å². The number of rotatable bonds is 1. The van der Waals surface area contributed by atoms with Gasteiger partial charge in [0.2, 0.25) is 5.95 Å². The number of H-pyrrole nitrogens is 1. The molecule has 0 amide bonds. The summed E-state index contributed by atoms with van der Waals surface area (Å²) in [7, 11) is 0. The van der Waals surface area contributed by atoms with E-state index in [1.165, 1.54) is 6.07 Å². The van der Waals surface area contributed by atoms with E-state index < -0.39 is 0 Å². The molecule has 0 bridgehead atoms. The summed E-state index contributed by atoms with van der Waals surface area (Å²) in [6.45, 7) is 5.39. The normalized spacial score (nSPS) is 25.8. The molecule has 0 spiro atoms. The van der Waals surface area contributed by atoms with Gasteiger partial charge < -0.3 is 9.64 Å². The molecule has 2 rings (SSSR count). The van der Waals surface area contributed by atoms with E-state index >= 15 is 0 Å². The molecule has 0 saturated carbocycles. The fourth-order valence-electron chi connectivity index (χ4n) is 1.92. The maximum Gasteiger partial charge on any atom is 0.253 e. The molecule has 88 valence electrons. The van der Waals surface area contributed by atoms with Crippen LogP contribution < -0.4 is 10.5 Å². The molecule has 5 nitrogen and oxygen atoms in total. The maximum atomic E-state index is 11.3. The van der Waals surface area contributed by atoms with Crippen molar-refractivity contribution in [3.63, 3.8) is 0 Å². The predicted octanol–water partition coefficient (Wildman–Crippen LogP) is 1.04. The van der Waals surface area contributed by atoms with Gasteiger partial charge in [0.05, 0.1) is 12.2 Å². The number of anilines is 1. The molecular formula is C10H14ClN3O2. The minimum atomic E-state index is -0.234. The number of hydrogen-bond acceptors (Lipinski definition) is 4. The zero-order valence-electron chi connectivity index (χ0n) is 9.24. The van der Waals surface area contributed by atoms with Gasteiger partial charge in [-0.1, -0.05) is 11.6 Å². The van der Waals surface area contributed by atoms with Crippen molar-refractivity contribution in [2.45, 2.75) is 26.1 Å². The summed E-state index contributed by atoms with van der Waals surface area (Å²) in [6, 6.07) is 1.26. The van der Waals surface area contributed by atoms with E-state index in [2.05, 4.69) is 9.97 Å². The van der Waals surface area contributed by atoms with Crippen LogP contribution in [-0.2, 0) is 4.74 Å². The smallest absolute Gasteiger partial charge is 0.253 e. The average molecular weight is 244 g/mol. The average Bonchev–Trinajstić information content (AvgIpc) is 2.14. The van der Waals surface area contributed by atoms with Crippen LogP contribution in [0, 0.1) is 0 Å². The van der Waals surface area contributed by atoms with Crippen LogP contribution in [0.15, 0.2) is 10.9 Å². The molecule has 1 N–H and O–H groups in total. The van der Waals surface area contributed by atoms with Gasteiger partial charge in [-0.05, 0) is 13.8 Å². The highest BCUT2D eigenvalue weighted by Gasteiger charge is 2.23. The molecule has 16 heavy (non-hydrogen) atoms. The molecule has 0 unspecified atom stereocenters. The Labute approximate surface area is 98.4 Å². The third kappa shape index (κ3) is 2.54. The summed E-state index contributed by atoms with van der Waals surface area (Å²) in [6.07, 6.45) is 0.237. The fraction of sp³-hybridized carbons (Fsp3) is 0.600. The van der Waals surface area contributed by atoms with Gasteiger partial charge in [0.25, 0.3) is 5.56 Å². The Hall–Kier alpha value is -1.07. The zero-order chi connectivity index (χ0) is 11.7. The molecule has 2 heterocycles. The third-order valence-corrected chi connectivity index (χ3v) is 2.61. The lowest BCUT2D eigenvalue weighted by Crippen LogP contribution is -2.46. The van der Waals surface area contributed by atoms with Gasteiger partial charge in [-0.25, -0.2) is 4.98 Å². The first-order valence-corrected chi connectivity index (χ1v) is 5.59. The summed E-state index contributed by atoms with van der Waals surface area (Å²) in [4.78, 5) is 20.0. The summed E-state index contributed by atoms with van der Waals surface area (Å²) >= 11 is 5.75. The lowest BCUT2D eigenvalue weighted by molar-refractivity contribution is -0.00573. The lowest BCUT2D eigenvalue weighted by Gasteiger charge is -2.35.